The van der Waals surface area contributed by atoms with Crippen LogP contribution in [0.3, 0.4) is 0 Å². The molecule has 1 fully saturated rings. The molecule has 196 valence electrons. The van der Waals surface area contributed by atoms with Gasteiger partial charge in [-0.25, -0.2) is 4.79 Å². The molecule has 0 atom stereocenters. The molecule has 4 nitrogen and oxygen atoms in total. The molecule has 4 heteroatoms. The number of rotatable bonds is 4. The van der Waals surface area contributed by atoms with Gasteiger partial charge in [0.15, 0.2) is 0 Å². The fourth-order valence-electron chi connectivity index (χ4n) is 4.21. The Hall–Kier alpha value is -3.24. The fraction of sp³-hybridized carbons (Fsp3) is 0.394. The monoisotopic (exact) mass is 499 g/mol. The predicted molar refractivity (Wildman–Crippen MR) is 155 cm³/mol. The first-order valence-corrected chi connectivity index (χ1v) is 13.7. The highest BCUT2D eigenvalue weighted by molar-refractivity contribution is 5.90. The van der Waals surface area contributed by atoms with E-state index in [0.29, 0.717) is 11.3 Å². The van der Waals surface area contributed by atoms with Crippen molar-refractivity contribution >= 4 is 29.0 Å². The van der Waals surface area contributed by atoms with E-state index < -0.39 is 5.97 Å². The molecule has 0 bridgehead atoms. The fourth-order valence-corrected chi connectivity index (χ4v) is 4.21. The van der Waals surface area contributed by atoms with Crippen LogP contribution in [-0.4, -0.2) is 24.2 Å². The molecule has 0 radical (unpaired) electrons. The molecule has 1 aromatic heterocycles. The summed E-state index contributed by atoms with van der Waals surface area (Å²) in [5, 5.41) is 1.11. The molecule has 0 saturated carbocycles. The second-order valence-electron chi connectivity index (χ2n) is 9.64. The van der Waals surface area contributed by atoms with E-state index in [-0.39, 0.29) is 0 Å². The first-order chi connectivity index (χ1) is 18.1. The van der Waals surface area contributed by atoms with E-state index in [4.69, 9.17) is 9.47 Å². The van der Waals surface area contributed by atoms with Crippen molar-refractivity contribution < 1.29 is 14.3 Å². The Bertz CT molecular complexity index is 1080. The lowest BCUT2D eigenvalue weighted by molar-refractivity contribution is -0.130. The Kier molecular flexibility index (Phi) is 12.6. The first kappa shape index (κ1) is 28.3. The van der Waals surface area contributed by atoms with E-state index in [1.807, 2.05) is 48.7 Å². The summed E-state index contributed by atoms with van der Waals surface area (Å²) in [7, 11) is 0. The van der Waals surface area contributed by atoms with Crippen LogP contribution in [0.1, 0.15) is 82.3 Å². The number of carbonyl (C=O) groups is 1. The summed E-state index contributed by atoms with van der Waals surface area (Å²) in [5.41, 5.74) is 3.48. The predicted octanol–water partition coefficient (Wildman–Crippen LogP) is 8.80. The molecule has 1 aliphatic rings. The summed E-state index contributed by atoms with van der Waals surface area (Å²) >= 11 is 0. The summed E-state index contributed by atoms with van der Waals surface area (Å²) in [5.74, 6) is 0.0936. The standard InChI is InChI=1S/C21H17NO2.C12H24O/c1-15(2)21(23)24-18-11-8-16(9-12-18)7-10-17-13-14-22-20-6-4-3-5-19(17)20;1-2-4-6-8-10-12-13-11-9-7-5-3-1/h3-14H,1H2,2H3;1-12H2. The summed E-state index contributed by atoms with van der Waals surface area (Å²) in [6.07, 6.45) is 19.8. The van der Waals surface area contributed by atoms with Gasteiger partial charge >= 0.3 is 5.97 Å². The zero-order valence-electron chi connectivity index (χ0n) is 22.3. The summed E-state index contributed by atoms with van der Waals surface area (Å²) in [6.45, 7) is 7.19. The van der Waals surface area contributed by atoms with Gasteiger partial charge in [-0.2, -0.15) is 0 Å². The highest BCUT2D eigenvalue weighted by atomic mass is 16.5. The Morgan fingerprint density at radius 3 is 2.03 bits per heavy atom. The van der Waals surface area contributed by atoms with E-state index in [9.17, 15) is 4.79 Å². The average Bonchev–Trinajstić information content (AvgIpc) is 2.95. The van der Waals surface area contributed by atoms with Crippen molar-refractivity contribution in [2.24, 2.45) is 0 Å². The lowest BCUT2D eigenvalue weighted by atomic mass is 10.1. The molecule has 0 aliphatic carbocycles. The van der Waals surface area contributed by atoms with Crippen molar-refractivity contribution in [1.82, 2.24) is 4.98 Å². The van der Waals surface area contributed by atoms with Gasteiger partial charge in [-0.1, -0.05) is 100 Å². The summed E-state index contributed by atoms with van der Waals surface area (Å²) < 4.78 is 10.7. The highest BCUT2D eigenvalue weighted by Gasteiger charge is 2.04. The maximum absolute atomic E-state index is 11.5. The van der Waals surface area contributed by atoms with Gasteiger partial charge < -0.3 is 9.47 Å². The minimum Gasteiger partial charge on any atom is -0.423 e. The van der Waals surface area contributed by atoms with Gasteiger partial charge in [0.25, 0.3) is 0 Å². The second kappa shape index (κ2) is 16.5. The number of para-hydroxylation sites is 1. The molecular formula is C33H41NO3. The largest absolute Gasteiger partial charge is 0.423 e. The number of pyridine rings is 1. The third-order valence-electron chi connectivity index (χ3n) is 6.40. The smallest absolute Gasteiger partial charge is 0.338 e. The molecule has 1 aliphatic heterocycles. The van der Waals surface area contributed by atoms with Crippen LogP contribution in [-0.2, 0) is 9.53 Å². The number of benzene rings is 2. The van der Waals surface area contributed by atoms with Crippen LogP contribution in [0.4, 0.5) is 0 Å². The Balaban J connectivity index is 0.000000248. The first-order valence-electron chi connectivity index (χ1n) is 13.7. The Labute approximate surface area is 222 Å². The number of fused-ring (bicyclic) bond motifs is 1. The molecular weight excluding hydrogens is 458 g/mol. The third-order valence-corrected chi connectivity index (χ3v) is 6.40. The van der Waals surface area contributed by atoms with Crippen molar-refractivity contribution in [2.45, 2.75) is 71.1 Å². The van der Waals surface area contributed by atoms with Gasteiger partial charge in [-0.3, -0.25) is 4.98 Å². The lowest BCUT2D eigenvalue weighted by Gasteiger charge is -2.04. The van der Waals surface area contributed by atoms with E-state index in [1.165, 1.54) is 64.2 Å². The Morgan fingerprint density at radius 2 is 1.41 bits per heavy atom. The number of aromatic nitrogens is 1. The molecule has 4 rings (SSSR count). The number of esters is 1. The zero-order chi connectivity index (χ0) is 26.1. The van der Waals surface area contributed by atoms with E-state index >= 15 is 0 Å². The number of ether oxygens (including phenoxy) is 2. The van der Waals surface area contributed by atoms with Crippen molar-refractivity contribution in [3.8, 4) is 5.75 Å². The maximum atomic E-state index is 11.5. The topological polar surface area (TPSA) is 48.4 Å². The average molecular weight is 500 g/mol. The van der Waals surface area contributed by atoms with Crippen LogP contribution >= 0.6 is 0 Å². The zero-order valence-corrected chi connectivity index (χ0v) is 22.3. The van der Waals surface area contributed by atoms with Crippen LogP contribution < -0.4 is 4.74 Å². The van der Waals surface area contributed by atoms with Crippen LogP contribution in [0.25, 0.3) is 23.1 Å². The van der Waals surface area contributed by atoms with E-state index in [1.54, 1.807) is 19.1 Å². The third kappa shape index (κ3) is 10.7. The van der Waals surface area contributed by atoms with Crippen LogP contribution in [0.2, 0.25) is 0 Å². The normalized spacial score (nSPS) is 15.5. The molecule has 0 spiro atoms. The van der Waals surface area contributed by atoms with Crippen molar-refractivity contribution in [1.29, 1.82) is 0 Å². The molecule has 0 amide bonds. The number of carbonyl (C=O) groups excluding carboxylic acids is 1. The van der Waals surface area contributed by atoms with Gasteiger partial charge in [0.2, 0.25) is 0 Å². The quantitative estimate of drug-likeness (QED) is 0.204. The van der Waals surface area contributed by atoms with Gasteiger partial charge in [-0.15, -0.1) is 0 Å². The second-order valence-corrected chi connectivity index (χ2v) is 9.64. The van der Waals surface area contributed by atoms with Gasteiger partial charge in [0, 0.05) is 30.4 Å². The van der Waals surface area contributed by atoms with Crippen LogP contribution in [0.5, 0.6) is 5.75 Å². The minimum absolute atomic E-state index is 0.378. The van der Waals surface area contributed by atoms with Gasteiger partial charge in [0.05, 0.1) is 5.52 Å². The maximum Gasteiger partial charge on any atom is 0.338 e. The molecule has 3 aromatic rings. The van der Waals surface area contributed by atoms with Crippen molar-refractivity contribution in [3.63, 3.8) is 0 Å². The number of hydrogen-bond acceptors (Lipinski definition) is 4. The lowest BCUT2D eigenvalue weighted by Crippen LogP contribution is -2.07. The van der Waals surface area contributed by atoms with Crippen molar-refractivity contribution in [2.75, 3.05) is 13.2 Å². The molecule has 0 N–H and O–H groups in total. The molecule has 1 saturated heterocycles. The molecule has 2 aromatic carbocycles. The van der Waals surface area contributed by atoms with Crippen LogP contribution in [0.15, 0.2) is 72.9 Å². The van der Waals surface area contributed by atoms with E-state index in [2.05, 4.69) is 23.7 Å². The minimum atomic E-state index is -0.415. The van der Waals surface area contributed by atoms with E-state index in [0.717, 1.165) is 35.2 Å². The van der Waals surface area contributed by atoms with Crippen LogP contribution in [0, 0.1) is 0 Å². The van der Waals surface area contributed by atoms with Gasteiger partial charge in [-0.05, 0) is 55.2 Å². The number of hydrogen-bond donors (Lipinski definition) is 0. The molecule has 0 unspecified atom stereocenters. The van der Waals surface area contributed by atoms with Gasteiger partial charge in [0.1, 0.15) is 5.75 Å². The Morgan fingerprint density at radius 1 is 0.811 bits per heavy atom. The molecule has 37 heavy (non-hydrogen) atoms. The highest BCUT2D eigenvalue weighted by Crippen LogP contribution is 2.20. The molecule has 2 heterocycles. The summed E-state index contributed by atoms with van der Waals surface area (Å²) in [4.78, 5) is 15.9. The number of nitrogens with zero attached hydrogens (tertiary/aromatic N) is 1. The SMILES string of the molecule is C1CCCCCCOCCCCC1.C=C(C)C(=O)Oc1ccc(C=Cc2ccnc3ccccc23)cc1. The summed E-state index contributed by atoms with van der Waals surface area (Å²) in [6, 6.07) is 17.4. The van der Waals surface area contributed by atoms with Crippen molar-refractivity contribution in [3.05, 3.63) is 84.1 Å².